The minimum atomic E-state index is -0.0753. The van der Waals surface area contributed by atoms with Gasteiger partial charge in [-0.3, -0.25) is 9.20 Å². The third-order valence-corrected chi connectivity index (χ3v) is 3.61. The Bertz CT molecular complexity index is 834. The molecule has 0 aliphatic heterocycles. The maximum atomic E-state index is 12.8. The Labute approximate surface area is 122 Å². The largest absolute Gasteiger partial charge is 0.508 e. The van der Waals surface area contributed by atoms with Crippen molar-refractivity contribution in [3.8, 4) is 5.75 Å². The number of imidazole rings is 1. The second-order valence-corrected chi connectivity index (χ2v) is 5.02. The van der Waals surface area contributed by atoms with Crippen molar-refractivity contribution in [1.82, 2.24) is 9.38 Å². The van der Waals surface area contributed by atoms with Crippen LogP contribution in [0.15, 0.2) is 42.6 Å². The fourth-order valence-electron chi connectivity index (χ4n) is 2.46. The normalized spacial score (nSPS) is 11.0. The number of phenolic OH excluding ortho intramolecular Hbond substituents is 1. The predicted molar refractivity (Wildman–Crippen MR) is 80.8 cm³/mol. The highest BCUT2D eigenvalue weighted by molar-refractivity contribution is 6.09. The molecule has 0 saturated heterocycles. The first-order valence-electron chi connectivity index (χ1n) is 6.92. The molecule has 1 aromatic carbocycles. The average molecular weight is 280 g/mol. The summed E-state index contributed by atoms with van der Waals surface area (Å²) in [5, 5.41) is 9.60. The summed E-state index contributed by atoms with van der Waals surface area (Å²) in [6, 6.07) is 10.6. The predicted octanol–water partition coefficient (Wildman–Crippen LogP) is 3.14. The Hall–Kier alpha value is -2.62. The molecule has 2 aromatic heterocycles. The van der Waals surface area contributed by atoms with Crippen LogP contribution >= 0.6 is 0 Å². The lowest BCUT2D eigenvalue weighted by Gasteiger charge is -2.05. The molecule has 0 fully saturated rings. The molecule has 0 aliphatic carbocycles. The van der Waals surface area contributed by atoms with E-state index in [-0.39, 0.29) is 11.5 Å². The number of phenols is 1. The number of fused-ring (bicyclic) bond motifs is 1. The third-order valence-electron chi connectivity index (χ3n) is 3.61. The summed E-state index contributed by atoms with van der Waals surface area (Å²) in [5.74, 6) is 0.119. The van der Waals surface area contributed by atoms with E-state index < -0.39 is 0 Å². The maximum Gasteiger partial charge on any atom is 0.211 e. The molecule has 0 bridgehead atoms. The summed E-state index contributed by atoms with van der Waals surface area (Å²) < 4.78 is 1.82. The van der Waals surface area contributed by atoms with E-state index in [1.165, 1.54) is 0 Å². The van der Waals surface area contributed by atoms with Gasteiger partial charge in [-0.1, -0.05) is 13.0 Å². The van der Waals surface area contributed by atoms with Crippen LogP contribution in [0.1, 0.15) is 34.2 Å². The summed E-state index contributed by atoms with van der Waals surface area (Å²) in [7, 11) is 0. The van der Waals surface area contributed by atoms with Gasteiger partial charge in [0.2, 0.25) is 5.78 Å². The number of carbonyl (C=O) groups is 1. The molecule has 0 radical (unpaired) electrons. The van der Waals surface area contributed by atoms with Crippen LogP contribution in [0.3, 0.4) is 0 Å². The van der Waals surface area contributed by atoms with Crippen LogP contribution in [0.25, 0.3) is 5.65 Å². The number of hydrogen-bond donors (Lipinski definition) is 1. The molecule has 2 heterocycles. The lowest BCUT2D eigenvalue weighted by molar-refractivity contribution is 0.103. The van der Waals surface area contributed by atoms with Crippen LogP contribution in [0.2, 0.25) is 0 Å². The summed E-state index contributed by atoms with van der Waals surface area (Å²) in [4.78, 5) is 17.3. The molecule has 106 valence electrons. The molecule has 1 N–H and O–H groups in total. The van der Waals surface area contributed by atoms with Gasteiger partial charge in [-0.15, -0.1) is 0 Å². The standard InChI is InChI=1S/C17H16N2O2/c1-3-13-16(19-9-5-4-6-15(19)18-13)17(21)12-7-8-14(20)11(2)10-12/h4-10,20H,3H2,1-2H3. The number of carbonyl (C=O) groups excluding carboxylic acids is 1. The van der Waals surface area contributed by atoms with Gasteiger partial charge in [0, 0.05) is 11.8 Å². The van der Waals surface area contributed by atoms with Crippen molar-refractivity contribution in [1.29, 1.82) is 0 Å². The van der Waals surface area contributed by atoms with Gasteiger partial charge in [0.25, 0.3) is 0 Å². The number of aromatic nitrogens is 2. The number of hydrogen-bond acceptors (Lipinski definition) is 3. The van der Waals surface area contributed by atoms with E-state index in [9.17, 15) is 9.90 Å². The highest BCUT2D eigenvalue weighted by atomic mass is 16.3. The molecule has 0 amide bonds. The van der Waals surface area contributed by atoms with E-state index >= 15 is 0 Å². The van der Waals surface area contributed by atoms with Crippen LogP contribution in [-0.2, 0) is 6.42 Å². The molecular formula is C17H16N2O2. The van der Waals surface area contributed by atoms with Gasteiger partial charge in [0.05, 0.1) is 5.69 Å². The zero-order valence-corrected chi connectivity index (χ0v) is 12.0. The number of aryl methyl sites for hydroxylation is 2. The summed E-state index contributed by atoms with van der Waals surface area (Å²) in [5.41, 5.74) is 3.40. The molecule has 0 unspecified atom stereocenters. The molecule has 3 aromatic rings. The molecular weight excluding hydrogens is 264 g/mol. The van der Waals surface area contributed by atoms with Gasteiger partial charge >= 0.3 is 0 Å². The number of aromatic hydroxyl groups is 1. The van der Waals surface area contributed by atoms with E-state index in [0.29, 0.717) is 23.2 Å². The minimum Gasteiger partial charge on any atom is -0.508 e. The number of pyridine rings is 1. The second kappa shape index (κ2) is 5.05. The lowest BCUT2D eigenvalue weighted by atomic mass is 10.0. The van der Waals surface area contributed by atoms with Gasteiger partial charge in [0.1, 0.15) is 17.1 Å². The van der Waals surface area contributed by atoms with Crippen molar-refractivity contribution in [2.24, 2.45) is 0 Å². The number of benzene rings is 1. The van der Waals surface area contributed by atoms with Gasteiger partial charge < -0.3 is 5.11 Å². The first kappa shape index (κ1) is 13.4. The summed E-state index contributed by atoms with van der Waals surface area (Å²) >= 11 is 0. The number of ketones is 1. The van der Waals surface area contributed by atoms with E-state index in [1.54, 1.807) is 25.1 Å². The van der Waals surface area contributed by atoms with Gasteiger partial charge in [-0.25, -0.2) is 4.98 Å². The van der Waals surface area contributed by atoms with E-state index in [1.807, 2.05) is 35.7 Å². The molecule has 21 heavy (non-hydrogen) atoms. The van der Waals surface area contributed by atoms with Gasteiger partial charge in [-0.2, -0.15) is 0 Å². The SMILES string of the molecule is CCc1nc2ccccn2c1C(=O)c1ccc(O)c(C)c1. The van der Waals surface area contributed by atoms with Crippen LogP contribution in [0, 0.1) is 6.92 Å². The molecule has 4 heteroatoms. The Kier molecular flexibility index (Phi) is 3.22. The Morgan fingerprint density at radius 1 is 1.29 bits per heavy atom. The number of nitrogens with zero attached hydrogens (tertiary/aromatic N) is 2. The van der Waals surface area contributed by atoms with Crippen molar-refractivity contribution in [2.45, 2.75) is 20.3 Å². The molecule has 4 nitrogen and oxygen atoms in total. The van der Waals surface area contributed by atoms with Crippen molar-refractivity contribution in [3.63, 3.8) is 0 Å². The van der Waals surface area contributed by atoms with Crippen LogP contribution < -0.4 is 0 Å². The van der Waals surface area contributed by atoms with Crippen molar-refractivity contribution < 1.29 is 9.90 Å². The molecule has 0 saturated carbocycles. The zero-order chi connectivity index (χ0) is 15.0. The van der Waals surface area contributed by atoms with E-state index in [0.717, 1.165) is 11.3 Å². The summed E-state index contributed by atoms with van der Waals surface area (Å²) in [6.07, 6.45) is 2.54. The van der Waals surface area contributed by atoms with Crippen LogP contribution in [0.5, 0.6) is 5.75 Å². The van der Waals surface area contributed by atoms with Crippen LogP contribution in [0.4, 0.5) is 0 Å². The van der Waals surface area contributed by atoms with E-state index in [4.69, 9.17) is 0 Å². The van der Waals surface area contributed by atoms with Gasteiger partial charge in [-0.05, 0) is 49.2 Å². The average Bonchev–Trinajstić information content (AvgIpc) is 2.87. The van der Waals surface area contributed by atoms with E-state index in [2.05, 4.69) is 4.98 Å². The number of rotatable bonds is 3. The summed E-state index contributed by atoms with van der Waals surface area (Å²) in [6.45, 7) is 3.77. The lowest BCUT2D eigenvalue weighted by Crippen LogP contribution is -2.08. The van der Waals surface area contributed by atoms with Crippen molar-refractivity contribution >= 4 is 11.4 Å². The van der Waals surface area contributed by atoms with Crippen molar-refractivity contribution in [2.75, 3.05) is 0 Å². The fraction of sp³-hybridized carbons (Fsp3) is 0.176. The molecule has 3 rings (SSSR count). The second-order valence-electron chi connectivity index (χ2n) is 5.02. The Balaban J connectivity index is 2.18. The first-order chi connectivity index (χ1) is 10.1. The highest BCUT2D eigenvalue weighted by Crippen LogP contribution is 2.22. The first-order valence-corrected chi connectivity index (χ1v) is 6.92. The Morgan fingerprint density at radius 2 is 2.10 bits per heavy atom. The quantitative estimate of drug-likeness (QED) is 0.750. The van der Waals surface area contributed by atoms with Gasteiger partial charge in [0.15, 0.2) is 0 Å². The van der Waals surface area contributed by atoms with Crippen LogP contribution in [-0.4, -0.2) is 20.3 Å². The zero-order valence-electron chi connectivity index (χ0n) is 12.0. The molecule has 0 aliphatic rings. The maximum absolute atomic E-state index is 12.8. The third kappa shape index (κ3) is 2.18. The Morgan fingerprint density at radius 3 is 2.81 bits per heavy atom. The van der Waals surface area contributed by atoms with Crippen molar-refractivity contribution in [3.05, 3.63) is 65.1 Å². The topological polar surface area (TPSA) is 54.6 Å². The molecule has 0 atom stereocenters. The minimum absolute atomic E-state index is 0.0753. The monoisotopic (exact) mass is 280 g/mol. The smallest absolute Gasteiger partial charge is 0.211 e. The molecule has 0 spiro atoms. The fourth-order valence-corrected chi connectivity index (χ4v) is 2.46. The highest BCUT2D eigenvalue weighted by Gasteiger charge is 2.19.